The third-order valence-corrected chi connectivity index (χ3v) is 7.12. The summed E-state index contributed by atoms with van der Waals surface area (Å²) in [5, 5.41) is 1.22. The Morgan fingerprint density at radius 1 is 1.04 bits per heavy atom. The summed E-state index contributed by atoms with van der Waals surface area (Å²) < 4.78 is 1.25. The molecule has 1 aromatic heterocycles. The molecular weight excluding hydrogens is 368 g/mol. The van der Waals surface area contributed by atoms with Crippen LogP contribution in [0, 0.1) is 5.92 Å². The van der Waals surface area contributed by atoms with E-state index < -0.39 is 0 Å². The number of nitrogens with zero attached hydrogens (tertiary/aromatic N) is 2. The van der Waals surface area contributed by atoms with Crippen LogP contribution in [0.3, 0.4) is 0 Å². The van der Waals surface area contributed by atoms with Crippen LogP contribution in [0.1, 0.15) is 35.4 Å². The van der Waals surface area contributed by atoms with E-state index in [1.807, 2.05) is 24.3 Å². The summed E-state index contributed by atoms with van der Waals surface area (Å²) in [5.74, 6) is 0.668. The standard InChI is InChI=1S/C22H24N4OS/c27-22(17-14-23-25-20(17)15-6-2-1-3-7-15)26-12-10-16(11-13-26)21-24-18-8-4-5-9-19(18)28-21/h1-9,16-17,20,23,25H,10-14H2. The van der Waals surface area contributed by atoms with Gasteiger partial charge in [-0.15, -0.1) is 11.3 Å². The number of aromatic nitrogens is 1. The van der Waals surface area contributed by atoms with Crippen molar-refractivity contribution in [2.75, 3.05) is 19.6 Å². The zero-order chi connectivity index (χ0) is 18.9. The maximum atomic E-state index is 13.2. The molecule has 144 valence electrons. The van der Waals surface area contributed by atoms with E-state index in [9.17, 15) is 4.79 Å². The fourth-order valence-electron chi connectivity index (χ4n) is 4.35. The molecule has 2 unspecified atom stereocenters. The maximum Gasteiger partial charge on any atom is 0.229 e. The van der Waals surface area contributed by atoms with Crippen LogP contribution in [0.2, 0.25) is 0 Å². The highest BCUT2D eigenvalue weighted by atomic mass is 32.1. The van der Waals surface area contributed by atoms with Crippen LogP contribution >= 0.6 is 11.3 Å². The van der Waals surface area contributed by atoms with Crippen molar-refractivity contribution in [3.8, 4) is 0 Å². The average Bonchev–Trinajstić information content (AvgIpc) is 3.41. The van der Waals surface area contributed by atoms with Crippen LogP contribution < -0.4 is 10.9 Å². The van der Waals surface area contributed by atoms with Crippen molar-refractivity contribution in [1.82, 2.24) is 20.7 Å². The summed E-state index contributed by atoms with van der Waals surface area (Å²) >= 11 is 1.80. The Kier molecular flexibility index (Phi) is 4.84. The van der Waals surface area contributed by atoms with Gasteiger partial charge in [0.2, 0.25) is 5.91 Å². The number of piperidine rings is 1. The molecule has 0 bridgehead atoms. The monoisotopic (exact) mass is 392 g/mol. The highest BCUT2D eigenvalue weighted by Crippen LogP contribution is 2.35. The predicted octanol–water partition coefficient (Wildman–Crippen LogP) is 3.47. The quantitative estimate of drug-likeness (QED) is 0.717. The van der Waals surface area contributed by atoms with Gasteiger partial charge >= 0.3 is 0 Å². The Balaban J connectivity index is 1.25. The van der Waals surface area contributed by atoms with Crippen molar-refractivity contribution >= 4 is 27.5 Å². The SMILES string of the molecule is O=C(C1CNNC1c1ccccc1)N1CCC(c2nc3ccccc3s2)CC1. The van der Waals surface area contributed by atoms with Gasteiger partial charge < -0.3 is 4.90 Å². The first-order valence-corrected chi connectivity index (χ1v) is 10.8. The van der Waals surface area contributed by atoms with E-state index in [-0.39, 0.29) is 17.9 Å². The van der Waals surface area contributed by atoms with Gasteiger partial charge in [-0.3, -0.25) is 10.2 Å². The smallest absolute Gasteiger partial charge is 0.229 e. The second-order valence-corrected chi connectivity index (χ2v) is 8.70. The second kappa shape index (κ2) is 7.62. The van der Waals surface area contributed by atoms with E-state index in [1.165, 1.54) is 9.71 Å². The first kappa shape index (κ1) is 17.8. The number of carbonyl (C=O) groups is 1. The van der Waals surface area contributed by atoms with Crippen LogP contribution in [-0.2, 0) is 4.79 Å². The molecule has 0 aliphatic carbocycles. The lowest BCUT2D eigenvalue weighted by Crippen LogP contribution is -2.43. The van der Waals surface area contributed by atoms with Crippen molar-refractivity contribution in [2.45, 2.75) is 24.8 Å². The number of fused-ring (bicyclic) bond motifs is 1. The average molecular weight is 393 g/mol. The molecule has 2 atom stereocenters. The molecule has 1 amide bonds. The summed E-state index contributed by atoms with van der Waals surface area (Å²) in [6.07, 6.45) is 1.99. The summed E-state index contributed by atoms with van der Waals surface area (Å²) in [6, 6.07) is 18.6. The van der Waals surface area contributed by atoms with Gasteiger partial charge in [-0.25, -0.2) is 10.4 Å². The molecule has 0 saturated carbocycles. The Bertz CT molecular complexity index is 932. The van der Waals surface area contributed by atoms with Gasteiger partial charge in [0.25, 0.3) is 0 Å². The highest BCUT2D eigenvalue weighted by molar-refractivity contribution is 7.18. The van der Waals surface area contributed by atoms with E-state index in [0.717, 1.165) is 37.0 Å². The first-order chi connectivity index (χ1) is 13.8. The van der Waals surface area contributed by atoms with Gasteiger partial charge in [0, 0.05) is 25.6 Å². The van der Waals surface area contributed by atoms with Gasteiger partial charge in [0.1, 0.15) is 0 Å². The number of likely N-dealkylation sites (tertiary alicyclic amines) is 1. The second-order valence-electron chi connectivity index (χ2n) is 7.64. The minimum Gasteiger partial charge on any atom is -0.342 e. The van der Waals surface area contributed by atoms with Gasteiger partial charge in [-0.1, -0.05) is 42.5 Å². The van der Waals surface area contributed by atoms with Crippen molar-refractivity contribution in [1.29, 1.82) is 0 Å². The zero-order valence-corrected chi connectivity index (χ0v) is 16.5. The first-order valence-electron chi connectivity index (χ1n) is 9.97. The van der Waals surface area contributed by atoms with Crippen LogP contribution in [-0.4, -0.2) is 35.4 Å². The molecule has 2 aromatic carbocycles. The number of hydrogen-bond donors (Lipinski definition) is 2. The summed E-state index contributed by atoms with van der Waals surface area (Å²) in [4.78, 5) is 20.1. The van der Waals surface area contributed by atoms with Crippen molar-refractivity contribution < 1.29 is 4.79 Å². The Morgan fingerprint density at radius 3 is 2.57 bits per heavy atom. The number of amides is 1. The van der Waals surface area contributed by atoms with E-state index in [2.05, 4.69) is 46.1 Å². The largest absolute Gasteiger partial charge is 0.342 e. The third-order valence-electron chi connectivity index (χ3n) is 5.92. The Labute approximate surface area is 168 Å². The number of carbonyl (C=O) groups excluding carboxylic acids is 1. The highest BCUT2D eigenvalue weighted by Gasteiger charge is 2.37. The van der Waals surface area contributed by atoms with E-state index >= 15 is 0 Å². The molecule has 6 heteroatoms. The predicted molar refractivity (Wildman–Crippen MR) is 112 cm³/mol. The Hall–Kier alpha value is -2.28. The lowest BCUT2D eigenvalue weighted by Gasteiger charge is -2.33. The van der Waals surface area contributed by atoms with Crippen LogP contribution in [0.4, 0.5) is 0 Å². The maximum absolute atomic E-state index is 13.2. The lowest BCUT2D eigenvalue weighted by molar-refractivity contribution is -0.136. The number of rotatable bonds is 3. The number of para-hydroxylation sites is 1. The molecule has 2 N–H and O–H groups in total. The van der Waals surface area contributed by atoms with Gasteiger partial charge in [-0.05, 0) is 30.5 Å². The number of hydrogen-bond acceptors (Lipinski definition) is 5. The number of benzene rings is 2. The number of hydrazine groups is 1. The van der Waals surface area contributed by atoms with Crippen molar-refractivity contribution in [2.24, 2.45) is 5.92 Å². The van der Waals surface area contributed by atoms with E-state index in [4.69, 9.17) is 4.98 Å². The molecule has 28 heavy (non-hydrogen) atoms. The van der Waals surface area contributed by atoms with Crippen molar-refractivity contribution in [3.05, 3.63) is 65.2 Å². The van der Waals surface area contributed by atoms with E-state index in [0.29, 0.717) is 12.5 Å². The molecule has 2 fully saturated rings. The van der Waals surface area contributed by atoms with Crippen molar-refractivity contribution in [3.63, 3.8) is 0 Å². The Morgan fingerprint density at radius 2 is 1.79 bits per heavy atom. The van der Waals surface area contributed by atoms with Gasteiger partial charge in [0.05, 0.1) is 27.2 Å². The number of nitrogens with one attached hydrogen (secondary N) is 2. The molecule has 2 aliphatic rings. The fourth-order valence-corrected chi connectivity index (χ4v) is 5.49. The van der Waals surface area contributed by atoms with Gasteiger partial charge in [0.15, 0.2) is 0 Å². The summed E-state index contributed by atoms with van der Waals surface area (Å²) in [5.41, 5.74) is 8.73. The summed E-state index contributed by atoms with van der Waals surface area (Å²) in [7, 11) is 0. The lowest BCUT2D eigenvalue weighted by atomic mass is 9.91. The molecular formula is C22H24N4OS. The van der Waals surface area contributed by atoms with E-state index in [1.54, 1.807) is 11.3 Å². The fraction of sp³-hybridized carbons (Fsp3) is 0.364. The molecule has 2 saturated heterocycles. The van der Waals surface area contributed by atoms with Crippen LogP contribution in [0.5, 0.6) is 0 Å². The molecule has 5 nitrogen and oxygen atoms in total. The van der Waals surface area contributed by atoms with Crippen LogP contribution in [0.15, 0.2) is 54.6 Å². The molecule has 3 heterocycles. The zero-order valence-electron chi connectivity index (χ0n) is 15.7. The van der Waals surface area contributed by atoms with Gasteiger partial charge in [-0.2, -0.15) is 0 Å². The minimum absolute atomic E-state index is 0.0377. The molecule has 0 spiro atoms. The third kappa shape index (κ3) is 3.32. The minimum atomic E-state index is -0.0543. The molecule has 3 aromatic rings. The van der Waals surface area contributed by atoms with Crippen LogP contribution in [0.25, 0.3) is 10.2 Å². The molecule has 2 aliphatic heterocycles. The summed E-state index contributed by atoms with van der Waals surface area (Å²) in [6.45, 7) is 2.31. The molecule has 0 radical (unpaired) electrons. The normalized spacial score (nSPS) is 23.4. The number of thiazole rings is 1. The topological polar surface area (TPSA) is 57.3 Å². The molecule has 5 rings (SSSR count).